The topological polar surface area (TPSA) is 79.1 Å². The standard InChI is InChI=1S/C20H26N4O4/c1-4-24-11-15(13(2)22-24)9-21-10-16-8-17(28-23-16)5-14-6-18(25-3)20-19(7-14)26-12-27-20/h6-7,11,17,21H,4-5,8-10,12H2,1-3H3. The van der Waals surface area contributed by atoms with E-state index < -0.39 is 0 Å². The molecule has 1 aromatic heterocycles. The van der Waals surface area contributed by atoms with Crippen LogP contribution in [-0.2, 0) is 24.3 Å². The number of hydrogen-bond acceptors (Lipinski definition) is 7. The third-order valence-electron chi connectivity index (χ3n) is 4.99. The van der Waals surface area contributed by atoms with E-state index in [1.165, 1.54) is 5.56 Å². The highest BCUT2D eigenvalue weighted by Gasteiger charge is 2.25. The minimum absolute atomic E-state index is 0.0199. The summed E-state index contributed by atoms with van der Waals surface area (Å²) in [5.74, 6) is 2.08. The molecule has 2 aliphatic heterocycles. The minimum atomic E-state index is 0.0199. The molecule has 0 radical (unpaired) electrons. The maximum atomic E-state index is 5.63. The van der Waals surface area contributed by atoms with Gasteiger partial charge in [-0.05, 0) is 31.5 Å². The monoisotopic (exact) mass is 386 g/mol. The molecule has 0 fully saturated rings. The molecule has 28 heavy (non-hydrogen) atoms. The van der Waals surface area contributed by atoms with E-state index in [4.69, 9.17) is 19.0 Å². The summed E-state index contributed by atoms with van der Waals surface area (Å²) in [7, 11) is 1.63. The number of aryl methyl sites for hydroxylation is 2. The summed E-state index contributed by atoms with van der Waals surface area (Å²) >= 11 is 0. The van der Waals surface area contributed by atoms with E-state index in [-0.39, 0.29) is 12.9 Å². The summed E-state index contributed by atoms with van der Waals surface area (Å²) in [5, 5.41) is 12.2. The molecule has 1 N–H and O–H groups in total. The SMILES string of the molecule is CCn1cc(CNCC2=NOC(Cc3cc(OC)c4c(c3)OCO4)C2)c(C)n1. The molecule has 0 saturated heterocycles. The molecule has 1 atom stereocenters. The Morgan fingerprint density at radius 3 is 2.96 bits per heavy atom. The summed E-state index contributed by atoms with van der Waals surface area (Å²) in [6.45, 7) is 6.71. The van der Waals surface area contributed by atoms with Crippen LogP contribution >= 0.6 is 0 Å². The van der Waals surface area contributed by atoms with Crippen molar-refractivity contribution >= 4 is 5.71 Å². The van der Waals surface area contributed by atoms with Gasteiger partial charge < -0.3 is 24.4 Å². The Morgan fingerprint density at radius 2 is 2.18 bits per heavy atom. The Kier molecular flexibility index (Phi) is 5.38. The first-order chi connectivity index (χ1) is 13.7. The summed E-state index contributed by atoms with van der Waals surface area (Å²) in [6.07, 6.45) is 3.65. The molecule has 8 heteroatoms. The second kappa shape index (κ2) is 8.10. The number of benzene rings is 1. The number of rotatable bonds is 8. The molecule has 2 aliphatic rings. The Labute approximate surface area is 164 Å². The summed E-state index contributed by atoms with van der Waals surface area (Å²) in [6, 6.07) is 3.96. The molecule has 150 valence electrons. The number of ether oxygens (including phenoxy) is 3. The van der Waals surface area contributed by atoms with Crippen molar-refractivity contribution in [1.82, 2.24) is 15.1 Å². The maximum absolute atomic E-state index is 5.63. The lowest BCUT2D eigenvalue weighted by Gasteiger charge is -2.11. The molecular weight excluding hydrogens is 360 g/mol. The highest BCUT2D eigenvalue weighted by molar-refractivity contribution is 5.87. The zero-order chi connectivity index (χ0) is 19.5. The van der Waals surface area contributed by atoms with Gasteiger partial charge in [-0.15, -0.1) is 0 Å². The largest absolute Gasteiger partial charge is 0.493 e. The molecule has 2 aromatic rings. The second-order valence-electron chi connectivity index (χ2n) is 7.02. The van der Waals surface area contributed by atoms with Gasteiger partial charge in [0.25, 0.3) is 0 Å². The maximum Gasteiger partial charge on any atom is 0.231 e. The van der Waals surface area contributed by atoms with E-state index >= 15 is 0 Å². The molecule has 0 aliphatic carbocycles. The fraction of sp³-hybridized carbons (Fsp3) is 0.500. The van der Waals surface area contributed by atoms with Crippen molar-refractivity contribution in [3.05, 3.63) is 35.2 Å². The van der Waals surface area contributed by atoms with Crippen LogP contribution in [0.25, 0.3) is 0 Å². The number of methoxy groups -OCH3 is 1. The number of oxime groups is 1. The van der Waals surface area contributed by atoms with Gasteiger partial charge >= 0.3 is 0 Å². The van der Waals surface area contributed by atoms with Gasteiger partial charge in [-0.3, -0.25) is 4.68 Å². The lowest BCUT2D eigenvalue weighted by molar-refractivity contribution is 0.0858. The highest BCUT2D eigenvalue weighted by atomic mass is 16.7. The van der Waals surface area contributed by atoms with E-state index in [2.05, 4.69) is 28.7 Å². The Hall–Kier alpha value is -2.74. The van der Waals surface area contributed by atoms with Crippen molar-refractivity contribution in [2.45, 2.75) is 45.9 Å². The molecule has 0 bridgehead atoms. The van der Waals surface area contributed by atoms with Crippen LogP contribution in [0.1, 0.15) is 30.2 Å². The van der Waals surface area contributed by atoms with Crippen molar-refractivity contribution in [3.8, 4) is 17.2 Å². The fourth-order valence-electron chi connectivity index (χ4n) is 3.50. The molecule has 0 spiro atoms. The van der Waals surface area contributed by atoms with Crippen LogP contribution in [-0.4, -0.2) is 42.0 Å². The van der Waals surface area contributed by atoms with E-state index in [1.54, 1.807) is 7.11 Å². The predicted molar refractivity (Wildman–Crippen MR) is 104 cm³/mol. The van der Waals surface area contributed by atoms with E-state index in [0.717, 1.165) is 48.6 Å². The lowest BCUT2D eigenvalue weighted by atomic mass is 10.0. The van der Waals surface area contributed by atoms with Crippen LogP contribution in [0.3, 0.4) is 0 Å². The molecule has 1 aromatic carbocycles. The zero-order valence-electron chi connectivity index (χ0n) is 16.5. The van der Waals surface area contributed by atoms with Gasteiger partial charge in [0.05, 0.1) is 18.5 Å². The Balaban J connectivity index is 1.28. The van der Waals surface area contributed by atoms with E-state index in [9.17, 15) is 0 Å². The zero-order valence-corrected chi connectivity index (χ0v) is 16.5. The van der Waals surface area contributed by atoms with Gasteiger partial charge in [-0.2, -0.15) is 5.10 Å². The molecule has 8 nitrogen and oxygen atoms in total. The first-order valence-corrected chi connectivity index (χ1v) is 9.58. The third-order valence-corrected chi connectivity index (χ3v) is 4.99. The van der Waals surface area contributed by atoms with Gasteiger partial charge in [-0.1, -0.05) is 5.16 Å². The highest BCUT2D eigenvalue weighted by Crippen LogP contribution is 2.42. The number of fused-ring (bicyclic) bond motifs is 1. The van der Waals surface area contributed by atoms with Crippen LogP contribution < -0.4 is 19.5 Å². The molecule has 4 rings (SSSR count). The number of hydrogen-bond donors (Lipinski definition) is 1. The normalized spacial score (nSPS) is 17.5. The number of nitrogens with zero attached hydrogens (tertiary/aromatic N) is 3. The van der Waals surface area contributed by atoms with E-state index in [1.807, 2.05) is 23.7 Å². The van der Waals surface area contributed by atoms with Gasteiger partial charge in [0.1, 0.15) is 6.10 Å². The first kappa shape index (κ1) is 18.6. The summed E-state index contributed by atoms with van der Waals surface area (Å²) in [4.78, 5) is 5.63. The van der Waals surface area contributed by atoms with Gasteiger partial charge in [0.15, 0.2) is 11.5 Å². The van der Waals surface area contributed by atoms with Crippen molar-refractivity contribution in [2.24, 2.45) is 5.16 Å². The predicted octanol–water partition coefficient (Wildman–Crippen LogP) is 2.43. The van der Waals surface area contributed by atoms with Crippen LogP contribution in [0, 0.1) is 6.92 Å². The van der Waals surface area contributed by atoms with E-state index in [0.29, 0.717) is 18.0 Å². The molecule has 3 heterocycles. The average molecular weight is 386 g/mol. The summed E-state index contributed by atoms with van der Waals surface area (Å²) < 4.78 is 18.3. The van der Waals surface area contributed by atoms with Crippen LogP contribution in [0.15, 0.2) is 23.5 Å². The van der Waals surface area contributed by atoms with Gasteiger partial charge in [0.2, 0.25) is 12.5 Å². The molecular formula is C20H26N4O4. The third kappa shape index (κ3) is 3.91. The fourth-order valence-corrected chi connectivity index (χ4v) is 3.50. The van der Waals surface area contributed by atoms with Crippen LogP contribution in [0.4, 0.5) is 0 Å². The summed E-state index contributed by atoms with van der Waals surface area (Å²) in [5.41, 5.74) is 4.38. The quantitative estimate of drug-likeness (QED) is 0.751. The second-order valence-corrected chi connectivity index (χ2v) is 7.02. The number of aromatic nitrogens is 2. The van der Waals surface area contributed by atoms with Crippen LogP contribution in [0.5, 0.6) is 17.2 Å². The Morgan fingerprint density at radius 1 is 1.29 bits per heavy atom. The minimum Gasteiger partial charge on any atom is -0.493 e. The molecule has 0 amide bonds. The van der Waals surface area contributed by atoms with Crippen molar-refractivity contribution < 1.29 is 19.0 Å². The van der Waals surface area contributed by atoms with Crippen molar-refractivity contribution in [2.75, 3.05) is 20.4 Å². The van der Waals surface area contributed by atoms with Crippen molar-refractivity contribution in [1.29, 1.82) is 0 Å². The smallest absolute Gasteiger partial charge is 0.231 e. The Bertz CT molecular complexity index is 877. The average Bonchev–Trinajstić information content (AvgIpc) is 3.42. The van der Waals surface area contributed by atoms with Crippen molar-refractivity contribution in [3.63, 3.8) is 0 Å². The molecule has 1 unspecified atom stereocenters. The van der Waals surface area contributed by atoms with Gasteiger partial charge in [0, 0.05) is 44.2 Å². The first-order valence-electron chi connectivity index (χ1n) is 9.58. The number of nitrogens with one attached hydrogen (secondary N) is 1. The van der Waals surface area contributed by atoms with Crippen LogP contribution in [0.2, 0.25) is 0 Å². The van der Waals surface area contributed by atoms with Gasteiger partial charge in [-0.25, -0.2) is 0 Å². The molecule has 0 saturated carbocycles. The lowest BCUT2D eigenvalue weighted by Crippen LogP contribution is -2.23.